The summed E-state index contributed by atoms with van der Waals surface area (Å²) < 4.78 is 27.3. The first-order valence-corrected chi connectivity index (χ1v) is 8.92. The lowest BCUT2D eigenvalue weighted by Gasteiger charge is -2.29. The Hall–Kier alpha value is -0.620. The molecule has 1 aromatic carbocycles. The van der Waals surface area contributed by atoms with Crippen molar-refractivity contribution >= 4 is 21.6 Å². The van der Waals surface area contributed by atoms with E-state index in [9.17, 15) is 8.42 Å². The summed E-state index contributed by atoms with van der Waals surface area (Å²) in [4.78, 5) is 0.228. The Morgan fingerprint density at radius 1 is 1.20 bits per heavy atom. The number of nitrogens with zero attached hydrogens (tertiary/aromatic N) is 1. The number of benzene rings is 1. The molecule has 6 heteroatoms. The van der Waals surface area contributed by atoms with Crippen LogP contribution in [0.2, 0.25) is 5.02 Å². The van der Waals surface area contributed by atoms with E-state index in [1.54, 1.807) is 28.6 Å². The summed E-state index contributed by atoms with van der Waals surface area (Å²) in [7, 11) is -3.49. The van der Waals surface area contributed by atoms with Gasteiger partial charge in [-0.15, -0.1) is 0 Å². The van der Waals surface area contributed by atoms with Crippen molar-refractivity contribution in [3.05, 3.63) is 29.3 Å². The van der Waals surface area contributed by atoms with E-state index in [0.29, 0.717) is 11.6 Å². The Kier molecular flexibility index (Phi) is 4.04. The molecule has 0 radical (unpaired) electrons. The van der Waals surface area contributed by atoms with Crippen LogP contribution in [0.25, 0.3) is 0 Å². The zero-order valence-corrected chi connectivity index (χ0v) is 12.8. The fourth-order valence-electron chi connectivity index (χ4n) is 3.29. The van der Waals surface area contributed by atoms with Crippen LogP contribution in [0.3, 0.4) is 0 Å². The summed E-state index contributed by atoms with van der Waals surface area (Å²) in [5, 5.41) is 3.73. The van der Waals surface area contributed by atoms with Crippen molar-refractivity contribution in [3.8, 4) is 0 Å². The molecule has 4 nitrogen and oxygen atoms in total. The molecule has 1 aromatic rings. The number of hydrogen-bond acceptors (Lipinski definition) is 3. The third-order valence-electron chi connectivity index (χ3n) is 4.23. The van der Waals surface area contributed by atoms with Gasteiger partial charge in [0.25, 0.3) is 0 Å². The molecule has 0 bridgehead atoms. The summed E-state index contributed by atoms with van der Waals surface area (Å²) in [5.41, 5.74) is 0. The fraction of sp³-hybridized carbons (Fsp3) is 0.571. The van der Waals surface area contributed by atoms with Crippen molar-refractivity contribution in [2.75, 3.05) is 13.1 Å². The molecule has 2 saturated heterocycles. The van der Waals surface area contributed by atoms with Gasteiger partial charge in [-0.2, -0.15) is 4.31 Å². The highest BCUT2D eigenvalue weighted by Crippen LogP contribution is 2.32. The van der Waals surface area contributed by atoms with Crippen LogP contribution in [0, 0.1) is 0 Å². The van der Waals surface area contributed by atoms with E-state index in [2.05, 4.69) is 5.32 Å². The van der Waals surface area contributed by atoms with E-state index in [1.165, 1.54) is 0 Å². The molecular formula is C14H19ClN2O2S. The first-order valence-electron chi connectivity index (χ1n) is 7.10. The number of halogens is 1. The maximum atomic E-state index is 12.8. The molecule has 0 amide bonds. The molecule has 2 heterocycles. The minimum Gasteiger partial charge on any atom is -0.312 e. The van der Waals surface area contributed by atoms with Crippen LogP contribution in [0.15, 0.2) is 29.2 Å². The third kappa shape index (κ3) is 2.48. The zero-order valence-electron chi connectivity index (χ0n) is 11.3. The van der Waals surface area contributed by atoms with Crippen molar-refractivity contribution < 1.29 is 8.42 Å². The van der Waals surface area contributed by atoms with Crippen molar-refractivity contribution in [2.24, 2.45) is 0 Å². The SMILES string of the molecule is O=S(=O)(c1ccccc1Cl)N1CCCC1C1CCCN1. The van der Waals surface area contributed by atoms with Gasteiger partial charge in [0.1, 0.15) is 4.90 Å². The monoisotopic (exact) mass is 314 g/mol. The van der Waals surface area contributed by atoms with Gasteiger partial charge >= 0.3 is 0 Å². The molecule has 2 fully saturated rings. The van der Waals surface area contributed by atoms with Gasteiger partial charge < -0.3 is 5.32 Å². The van der Waals surface area contributed by atoms with Crippen molar-refractivity contribution in [2.45, 2.75) is 42.7 Å². The van der Waals surface area contributed by atoms with Crippen molar-refractivity contribution in [3.63, 3.8) is 0 Å². The smallest absolute Gasteiger partial charge is 0.244 e. The van der Waals surface area contributed by atoms with Crippen LogP contribution in [0.5, 0.6) is 0 Å². The lowest BCUT2D eigenvalue weighted by Crippen LogP contribution is -2.46. The molecule has 2 atom stereocenters. The minimum atomic E-state index is -3.49. The van der Waals surface area contributed by atoms with Gasteiger partial charge in [0.05, 0.1) is 5.02 Å². The van der Waals surface area contributed by atoms with Gasteiger partial charge in [-0.05, 0) is 44.4 Å². The summed E-state index contributed by atoms with van der Waals surface area (Å²) in [6.45, 7) is 1.58. The van der Waals surface area contributed by atoms with E-state index in [-0.39, 0.29) is 17.0 Å². The zero-order chi connectivity index (χ0) is 14.2. The Balaban J connectivity index is 1.92. The molecule has 20 heavy (non-hydrogen) atoms. The first-order chi connectivity index (χ1) is 9.60. The Labute approximate surface area is 125 Å². The quantitative estimate of drug-likeness (QED) is 0.931. The molecule has 2 aliphatic rings. The predicted octanol–water partition coefficient (Wildman–Crippen LogP) is 2.25. The number of rotatable bonds is 3. The molecule has 0 aliphatic carbocycles. The van der Waals surface area contributed by atoms with Crippen LogP contribution in [0.1, 0.15) is 25.7 Å². The first kappa shape index (κ1) is 14.3. The van der Waals surface area contributed by atoms with Crippen LogP contribution in [-0.2, 0) is 10.0 Å². The Bertz CT molecular complexity index is 585. The van der Waals surface area contributed by atoms with Crippen molar-refractivity contribution in [1.29, 1.82) is 0 Å². The molecule has 2 aliphatic heterocycles. The van der Waals surface area contributed by atoms with Crippen molar-refractivity contribution in [1.82, 2.24) is 9.62 Å². The van der Waals surface area contributed by atoms with E-state index >= 15 is 0 Å². The topological polar surface area (TPSA) is 49.4 Å². The largest absolute Gasteiger partial charge is 0.312 e. The second-order valence-corrected chi connectivity index (χ2v) is 7.72. The normalized spacial score (nSPS) is 28.1. The molecule has 0 spiro atoms. The average Bonchev–Trinajstić information content (AvgIpc) is 3.10. The lowest BCUT2D eigenvalue weighted by molar-refractivity contribution is 0.322. The van der Waals surface area contributed by atoms with E-state index < -0.39 is 10.0 Å². The van der Waals surface area contributed by atoms with Gasteiger partial charge in [0.2, 0.25) is 10.0 Å². The summed E-state index contributed by atoms with van der Waals surface area (Å²) >= 11 is 6.07. The minimum absolute atomic E-state index is 0.0683. The van der Waals surface area contributed by atoms with Gasteiger partial charge in [0.15, 0.2) is 0 Å². The highest BCUT2D eigenvalue weighted by atomic mass is 35.5. The number of hydrogen-bond donors (Lipinski definition) is 1. The maximum absolute atomic E-state index is 12.8. The second-order valence-electron chi connectivity index (χ2n) is 5.46. The Morgan fingerprint density at radius 2 is 2.00 bits per heavy atom. The summed E-state index contributed by atoms with van der Waals surface area (Å²) in [6, 6.07) is 7.05. The standard InChI is InChI=1S/C14H19ClN2O2S/c15-11-5-1-2-8-14(11)20(18,19)17-10-4-7-13(17)12-6-3-9-16-12/h1-2,5,8,12-13,16H,3-4,6-7,9-10H2. The van der Waals surface area contributed by atoms with Gasteiger partial charge in [-0.25, -0.2) is 8.42 Å². The highest BCUT2D eigenvalue weighted by molar-refractivity contribution is 7.89. The fourth-order valence-corrected chi connectivity index (χ4v) is 5.51. The molecule has 0 saturated carbocycles. The average molecular weight is 315 g/mol. The van der Waals surface area contributed by atoms with Crippen LogP contribution >= 0.6 is 11.6 Å². The molecule has 110 valence electrons. The highest BCUT2D eigenvalue weighted by Gasteiger charge is 2.40. The second kappa shape index (κ2) is 5.64. The van der Waals surface area contributed by atoms with Crippen LogP contribution in [0.4, 0.5) is 0 Å². The number of sulfonamides is 1. The van der Waals surface area contributed by atoms with E-state index in [0.717, 1.165) is 32.2 Å². The molecule has 0 aromatic heterocycles. The summed E-state index contributed by atoms with van der Waals surface area (Å²) in [6.07, 6.45) is 4.04. The molecular weight excluding hydrogens is 296 g/mol. The summed E-state index contributed by atoms with van der Waals surface area (Å²) in [5.74, 6) is 0. The van der Waals surface area contributed by atoms with Gasteiger partial charge in [-0.1, -0.05) is 23.7 Å². The van der Waals surface area contributed by atoms with E-state index in [4.69, 9.17) is 11.6 Å². The molecule has 3 rings (SSSR count). The van der Waals surface area contributed by atoms with Crippen LogP contribution < -0.4 is 5.32 Å². The Morgan fingerprint density at radius 3 is 2.70 bits per heavy atom. The van der Waals surface area contributed by atoms with E-state index in [1.807, 2.05) is 0 Å². The van der Waals surface area contributed by atoms with Gasteiger partial charge in [-0.3, -0.25) is 0 Å². The third-order valence-corrected chi connectivity index (χ3v) is 6.66. The molecule has 1 N–H and O–H groups in total. The van der Waals surface area contributed by atoms with Gasteiger partial charge in [0, 0.05) is 18.6 Å². The number of nitrogens with one attached hydrogen (secondary N) is 1. The predicted molar refractivity (Wildman–Crippen MR) is 79.4 cm³/mol. The molecule has 2 unspecified atom stereocenters. The maximum Gasteiger partial charge on any atom is 0.244 e. The lowest BCUT2D eigenvalue weighted by atomic mass is 10.1. The van der Waals surface area contributed by atoms with Crippen LogP contribution in [-0.4, -0.2) is 37.9 Å².